The highest BCUT2D eigenvalue weighted by Crippen LogP contribution is 1.96. The van der Waals surface area contributed by atoms with E-state index < -0.39 is 5.97 Å². The van der Waals surface area contributed by atoms with Crippen LogP contribution < -0.4 is 5.32 Å². The SMILES string of the molecule is O=C(O)CNC(=O)Cc1ccncc1. The first kappa shape index (κ1) is 10.2. The molecule has 0 aromatic carbocycles. The predicted molar refractivity (Wildman–Crippen MR) is 48.6 cm³/mol. The zero-order chi connectivity index (χ0) is 10.4. The number of carbonyl (C=O) groups is 2. The quantitative estimate of drug-likeness (QED) is 0.697. The molecule has 0 atom stereocenters. The number of hydrogen-bond donors (Lipinski definition) is 2. The van der Waals surface area contributed by atoms with Crippen LogP contribution in [-0.4, -0.2) is 28.5 Å². The lowest BCUT2D eigenvalue weighted by molar-refractivity contribution is -0.137. The molecule has 0 radical (unpaired) electrons. The topological polar surface area (TPSA) is 79.3 Å². The molecule has 0 aliphatic carbocycles. The summed E-state index contributed by atoms with van der Waals surface area (Å²) in [5.74, 6) is -1.35. The van der Waals surface area contributed by atoms with E-state index in [1.54, 1.807) is 24.5 Å². The zero-order valence-electron chi connectivity index (χ0n) is 7.43. The number of nitrogens with one attached hydrogen (secondary N) is 1. The van der Waals surface area contributed by atoms with Crippen molar-refractivity contribution in [3.05, 3.63) is 30.1 Å². The van der Waals surface area contributed by atoms with E-state index in [0.29, 0.717) is 0 Å². The third-order valence-corrected chi connectivity index (χ3v) is 1.55. The van der Waals surface area contributed by atoms with Crippen LogP contribution in [0.1, 0.15) is 5.56 Å². The normalized spacial score (nSPS) is 9.43. The van der Waals surface area contributed by atoms with Crippen LogP contribution in [0.5, 0.6) is 0 Å². The molecular formula is C9H10N2O3. The fraction of sp³-hybridized carbons (Fsp3) is 0.222. The van der Waals surface area contributed by atoms with Crippen LogP contribution in [0.4, 0.5) is 0 Å². The average Bonchev–Trinajstić information content (AvgIpc) is 2.16. The van der Waals surface area contributed by atoms with Crippen molar-refractivity contribution in [1.29, 1.82) is 0 Å². The van der Waals surface area contributed by atoms with Gasteiger partial charge >= 0.3 is 5.97 Å². The number of amides is 1. The summed E-state index contributed by atoms with van der Waals surface area (Å²) in [6, 6.07) is 3.42. The summed E-state index contributed by atoms with van der Waals surface area (Å²) in [5, 5.41) is 10.6. The molecule has 0 spiro atoms. The number of carboxylic acid groups (broad SMARTS) is 1. The molecule has 1 aromatic heterocycles. The number of carbonyl (C=O) groups excluding carboxylic acids is 1. The van der Waals surface area contributed by atoms with Gasteiger partial charge in [-0.3, -0.25) is 14.6 Å². The molecule has 1 rings (SSSR count). The Kier molecular flexibility index (Phi) is 3.60. The molecule has 0 aliphatic rings. The van der Waals surface area contributed by atoms with E-state index in [1.165, 1.54) is 0 Å². The highest BCUT2D eigenvalue weighted by molar-refractivity contribution is 5.82. The molecule has 2 N–H and O–H groups in total. The summed E-state index contributed by atoms with van der Waals surface area (Å²) in [7, 11) is 0. The molecule has 1 amide bonds. The van der Waals surface area contributed by atoms with E-state index in [4.69, 9.17) is 5.11 Å². The first-order chi connectivity index (χ1) is 6.68. The van der Waals surface area contributed by atoms with Crippen LogP contribution in [-0.2, 0) is 16.0 Å². The lowest BCUT2D eigenvalue weighted by Gasteiger charge is -2.01. The monoisotopic (exact) mass is 194 g/mol. The molecule has 0 bridgehead atoms. The first-order valence-corrected chi connectivity index (χ1v) is 4.06. The van der Waals surface area contributed by atoms with Crippen molar-refractivity contribution in [3.8, 4) is 0 Å². The number of rotatable bonds is 4. The van der Waals surface area contributed by atoms with Crippen molar-refractivity contribution in [2.45, 2.75) is 6.42 Å². The maximum Gasteiger partial charge on any atom is 0.322 e. The third-order valence-electron chi connectivity index (χ3n) is 1.55. The average molecular weight is 194 g/mol. The predicted octanol–water partition coefficient (Wildman–Crippen LogP) is -0.175. The number of nitrogens with zero attached hydrogens (tertiary/aromatic N) is 1. The number of aromatic nitrogens is 1. The lowest BCUT2D eigenvalue weighted by Crippen LogP contribution is -2.30. The molecular weight excluding hydrogens is 184 g/mol. The van der Waals surface area contributed by atoms with Crippen molar-refractivity contribution < 1.29 is 14.7 Å². The first-order valence-electron chi connectivity index (χ1n) is 4.06. The summed E-state index contributed by atoms with van der Waals surface area (Å²) < 4.78 is 0. The van der Waals surface area contributed by atoms with E-state index in [1.807, 2.05) is 0 Å². The Bertz CT molecular complexity index is 324. The number of aliphatic carboxylic acids is 1. The summed E-state index contributed by atoms with van der Waals surface area (Å²) in [6.45, 7) is -0.343. The van der Waals surface area contributed by atoms with Crippen LogP contribution in [0.3, 0.4) is 0 Å². The summed E-state index contributed by atoms with van der Waals surface area (Å²) in [5.41, 5.74) is 0.808. The molecule has 1 aromatic rings. The van der Waals surface area contributed by atoms with Crippen LogP contribution in [0.2, 0.25) is 0 Å². The Morgan fingerprint density at radius 3 is 2.57 bits per heavy atom. The van der Waals surface area contributed by atoms with Crippen molar-refractivity contribution in [2.75, 3.05) is 6.54 Å². The van der Waals surface area contributed by atoms with E-state index >= 15 is 0 Å². The van der Waals surface area contributed by atoms with Crippen LogP contribution >= 0.6 is 0 Å². The van der Waals surface area contributed by atoms with Gasteiger partial charge in [-0.05, 0) is 17.7 Å². The highest BCUT2D eigenvalue weighted by Gasteiger charge is 2.04. The number of carboxylic acids is 1. The van der Waals surface area contributed by atoms with Crippen LogP contribution in [0.15, 0.2) is 24.5 Å². The molecule has 74 valence electrons. The standard InChI is InChI=1S/C9H10N2O3/c12-8(11-6-9(13)14)5-7-1-3-10-4-2-7/h1-4H,5-6H2,(H,11,12)(H,13,14). The van der Waals surface area contributed by atoms with Gasteiger partial charge in [0.2, 0.25) is 5.91 Å². The van der Waals surface area contributed by atoms with Gasteiger partial charge in [-0.25, -0.2) is 0 Å². The maximum atomic E-state index is 11.1. The second kappa shape index (κ2) is 4.96. The summed E-state index contributed by atoms with van der Waals surface area (Å²) in [4.78, 5) is 25.1. The van der Waals surface area contributed by atoms with Crippen LogP contribution in [0, 0.1) is 0 Å². The highest BCUT2D eigenvalue weighted by atomic mass is 16.4. The molecule has 1 heterocycles. The van der Waals surface area contributed by atoms with Crippen molar-refractivity contribution >= 4 is 11.9 Å². The lowest BCUT2D eigenvalue weighted by atomic mass is 10.2. The van der Waals surface area contributed by atoms with Gasteiger partial charge in [-0.1, -0.05) is 0 Å². The largest absolute Gasteiger partial charge is 0.480 e. The van der Waals surface area contributed by atoms with Gasteiger partial charge in [-0.2, -0.15) is 0 Å². The van der Waals surface area contributed by atoms with Crippen LogP contribution in [0.25, 0.3) is 0 Å². The van der Waals surface area contributed by atoms with Crippen molar-refractivity contribution in [3.63, 3.8) is 0 Å². The summed E-state index contributed by atoms with van der Waals surface area (Å²) >= 11 is 0. The number of hydrogen-bond acceptors (Lipinski definition) is 3. The molecule has 5 nitrogen and oxygen atoms in total. The Hall–Kier alpha value is -1.91. The number of pyridine rings is 1. The fourth-order valence-electron chi connectivity index (χ4n) is 0.923. The van der Waals surface area contributed by atoms with Crippen molar-refractivity contribution in [2.24, 2.45) is 0 Å². The minimum Gasteiger partial charge on any atom is -0.480 e. The minimum absolute atomic E-state index is 0.176. The maximum absolute atomic E-state index is 11.1. The molecule has 0 saturated carbocycles. The Labute approximate surface area is 80.8 Å². The molecule has 0 aliphatic heterocycles. The van der Waals surface area contributed by atoms with Gasteiger partial charge in [-0.15, -0.1) is 0 Å². The van der Waals surface area contributed by atoms with Crippen molar-refractivity contribution in [1.82, 2.24) is 10.3 Å². The molecule has 14 heavy (non-hydrogen) atoms. The molecule has 0 unspecified atom stereocenters. The molecule has 0 saturated heterocycles. The van der Waals surface area contributed by atoms with Gasteiger partial charge in [0.05, 0.1) is 6.42 Å². The fourth-order valence-corrected chi connectivity index (χ4v) is 0.923. The third kappa shape index (κ3) is 3.66. The zero-order valence-corrected chi connectivity index (χ0v) is 7.43. The molecule has 5 heteroatoms. The van der Waals surface area contributed by atoms with Gasteiger partial charge in [0.15, 0.2) is 0 Å². The second-order valence-electron chi connectivity index (χ2n) is 2.70. The smallest absolute Gasteiger partial charge is 0.322 e. The van der Waals surface area contributed by atoms with E-state index in [9.17, 15) is 9.59 Å². The van der Waals surface area contributed by atoms with Gasteiger partial charge in [0, 0.05) is 12.4 Å². The second-order valence-corrected chi connectivity index (χ2v) is 2.70. The van der Waals surface area contributed by atoms with Gasteiger partial charge in [0.1, 0.15) is 6.54 Å². The Morgan fingerprint density at radius 2 is 2.00 bits per heavy atom. The van der Waals surface area contributed by atoms with Gasteiger partial charge in [0.25, 0.3) is 0 Å². The molecule has 0 fully saturated rings. The Morgan fingerprint density at radius 1 is 1.36 bits per heavy atom. The van der Waals surface area contributed by atoms with Gasteiger partial charge < -0.3 is 10.4 Å². The van der Waals surface area contributed by atoms with E-state index in [0.717, 1.165) is 5.56 Å². The van der Waals surface area contributed by atoms with E-state index in [2.05, 4.69) is 10.3 Å². The Balaban J connectivity index is 2.38. The minimum atomic E-state index is -1.05. The van der Waals surface area contributed by atoms with E-state index in [-0.39, 0.29) is 18.9 Å². The summed E-state index contributed by atoms with van der Waals surface area (Å²) in [6.07, 6.45) is 3.34.